The van der Waals surface area contributed by atoms with Gasteiger partial charge in [-0.25, -0.2) is 4.79 Å². The van der Waals surface area contributed by atoms with Gasteiger partial charge in [0.2, 0.25) is 0 Å². The van der Waals surface area contributed by atoms with Crippen molar-refractivity contribution in [2.24, 2.45) is 11.3 Å². The lowest BCUT2D eigenvalue weighted by Gasteiger charge is -2.28. The van der Waals surface area contributed by atoms with Crippen molar-refractivity contribution in [3.63, 3.8) is 0 Å². The van der Waals surface area contributed by atoms with Crippen molar-refractivity contribution >= 4 is 11.9 Å². The van der Waals surface area contributed by atoms with E-state index in [1.54, 1.807) is 0 Å². The molecule has 0 aliphatic carbocycles. The van der Waals surface area contributed by atoms with E-state index in [9.17, 15) is 14.7 Å². The second-order valence-corrected chi connectivity index (χ2v) is 6.14. The maximum absolute atomic E-state index is 12.1. The first-order chi connectivity index (χ1) is 9.62. The molecule has 2 atom stereocenters. The summed E-state index contributed by atoms with van der Waals surface area (Å²) in [7, 11) is 0. The molecule has 0 aliphatic heterocycles. The largest absolute Gasteiger partial charge is 0.462 e. The van der Waals surface area contributed by atoms with Crippen molar-refractivity contribution in [2.45, 2.75) is 53.6 Å². The molecular weight excluding hydrogens is 272 g/mol. The topological polar surface area (TPSA) is 72.8 Å². The Morgan fingerprint density at radius 2 is 1.76 bits per heavy atom. The second-order valence-electron chi connectivity index (χ2n) is 6.14. The van der Waals surface area contributed by atoms with Gasteiger partial charge in [0.05, 0.1) is 5.41 Å². The summed E-state index contributed by atoms with van der Waals surface area (Å²) in [6.45, 7) is 12.5. The van der Waals surface area contributed by atoms with Crippen LogP contribution in [-0.2, 0) is 19.1 Å². The third-order valence-corrected chi connectivity index (χ3v) is 3.29. The monoisotopic (exact) mass is 300 g/mol. The molecule has 2 unspecified atom stereocenters. The molecule has 0 fully saturated rings. The molecule has 0 amide bonds. The first-order valence-electron chi connectivity index (χ1n) is 7.30. The van der Waals surface area contributed by atoms with Crippen molar-refractivity contribution in [3.05, 3.63) is 12.2 Å². The quantitative estimate of drug-likeness (QED) is 0.523. The fourth-order valence-corrected chi connectivity index (χ4v) is 1.96. The van der Waals surface area contributed by atoms with Crippen LogP contribution < -0.4 is 0 Å². The lowest BCUT2D eigenvalue weighted by molar-refractivity contribution is -0.161. The molecule has 0 aromatic carbocycles. The van der Waals surface area contributed by atoms with Gasteiger partial charge in [0, 0.05) is 5.57 Å². The van der Waals surface area contributed by atoms with E-state index in [0.717, 1.165) is 6.42 Å². The van der Waals surface area contributed by atoms with Gasteiger partial charge in [-0.2, -0.15) is 0 Å². The minimum Gasteiger partial charge on any atom is -0.462 e. The molecule has 21 heavy (non-hydrogen) atoms. The average Bonchev–Trinajstić information content (AvgIpc) is 2.40. The maximum Gasteiger partial charge on any atom is 0.333 e. The predicted molar refractivity (Wildman–Crippen MR) is 80.6 cm³/mol. The molecule has 0 rings (SSSR count). The predicted octanol–water partition coefficient (Wildman–Crippen LogP) is 2.47. The molecule has 1 N–H and O–H groups in total. The molecule has 0 bridgehead atoms. The Kier molecular flexibility index (Phi) is 8.25. The molecule has 5 heteroatoms. The van der Waals surface area contributed by atoms with E-state index in [-0.39, 0.29) is 24.8 Å². The summed E-state index contributed by atoms with van der Waals surface area (Å²) in [6.07, 6.45) is 0.366. The molecule has 0 radical (unpaired) electrons. The van der Waals surface area contributed by atoms with Crippen LogP contribution >= 0.6 is 0 Å². The Morgan fingerprint density at radius 1 is 1.24 bits per heavy atom. The number of esters is 2. The van der Waals surface area contributed by atoms with Gasteiger partial charge in [0.1, 0.15) is 19.3 Å². The summed E-state index contributed by atoms with van der Waals surface area (Å²) in [6, 6.07) is 0. The maximum atomic E-state index is 12.1. The Bertz CT molecular complexity index is 375. The molecule has 0 saturated heterocycles. The number of hydrogen-bond acceptors (Lipinski definition) is 5. The first-order valence-corrected chi connectivity index (χ1v) is 7.30. The Hall–Kier alpha value is -1.36. The lowest BCUT2D eigenvalue weighted by atomic mass is 9.80. The molecule has 122 valence electrons. The number of carbonyl (C=O) groups excluding carboxylic acids is 2. The first kappa shape index (κ1) is 19.6. The van der Waals surface area contributed by atoms with Gasteiger partial charge in [0.15, 0.2) is 0 Å². The molecule has 0 saturated carbocycles. The molecule has 0 aliphatic rings. The summed E-state index contributed by atoms with van der Waals surface area (Å²) >= 11 is 0. The zero-order valence-electron chi connectivity index (χ0n) is 13.8. The summed E-state index contributed by atoms with van der Waals surface area (Å²) in [5, 5.41) is 9.66. The van der Waals surface area contributed by atoms with Gasteiger partial charge >= 0.3 is 11.9 Å². The summed E-state index contributed by atoms with van der Waals surface area (Å²) < 4.78 is 9.95. The SMILES string of the molecule is C=C(C)C(=O)OCC(O)COC(=O)C(C)(CC)CC(C)C. The van der Waals surface area contributed by atoms with Crippen LogP contribution in [-0.4, -0.2) is 36.4 Å². The molecule has 0 aromatic rings. The zero-order chi connectivity index (χ0) is 16.6. The van der Waals surface area contributed by atoms with Gasteiger partial charge in [0.25, 0.3) is 0 Å². The van der Waals surface area contributed by atoms with E-state index in [2.05, 4.69) is 6.58 Å². The van der Waals surface area contributed by atoms with Crippen LogP contribution in [0.4, 0.5) is 0 Å². The van der Waals surface area contributed by atoms with Crippen LogP contribution in [0.5, 0.6) is 0 Å². The van der Waals surface area contributed by atoms with E-state index in [0.29, 0.717) is 12.3 Å². The number of carbonyl (C=O) groups is 2. The van der Waals surface area contributed by atoms with Crippen molar-refractivity contribution in [1.82, 2.24) is 0 Å². The van der Waals surface area contributed by atoms with Crippen molar-refractivity contribution < 1.29 is 24.2 Å². The van der Waals surface area contributed by atoms with Crippen molar-refractivity contribution in [2.75, 3.05) is 13.2 Å². The minimum atomic E-state index is -1.03. The highest BCUT2D eigenvalue weighted by atomic mass is 16.6. The highest BCUT2D eigenvalue weighted by Crippen LogP contribution is 2.31. The van der Waals surface area contributed by atoms with E-state index in [1.165, 1.54) is 6.92 Å². The van der Waals surface area contributed by atoms with Crippen molar-refractivity contribution in [1.29, 1.82) is 0 Å². The summed E-state index contributed by atoms with van der Waals surface area (Å²) in [5.41, 5.74) is -0.294. The number of ether oxygens (including phenoxy) is 2. The number of hydrogen-bond donors (Lipinski definition) is 1. The minimum absolute atomic E-state index is 0.185. The fraction of sp³-hybridized carbons (Fsp3) is 0.750. The molecule has 0 aromatic heterocycles. The van der Waals surface area contributed by atoms with E-state index in [4.69, 9.17) is 9.47 Å². The van der Waals surface area contributed by atoms with Crippen LogP contribution in [0.3, 0.4) is 0 Å². The standard InChI is InChI=1S/C16H28O5/c1-7-16(6,8-11(2)3)15(19)21-10-13(17)9-20-14(18)12(4)5/h11,13,17H,4,7-10H2,1-3,5-6H3. The van der Waals surface area contributed by atoms with Crippen LogP contribution in [0.25, 0.3) is 0 Å². The third kappa shape index (κ3) is 7.27. The van der Waals surface area contributed by atoms with Crippen molar-refractivity contribution in [3.8, 4) is 0 Å². The number of aliphatic hydroxyl groups is 1. The van der Waals surface area contributed by atoms with Gasteiger partial charge < -0.3 is 14.6 Å². The fourth-order valence-electron chi connectivity index (χ4n) is 1.96. The van der Waals surface area contributed by atoms with E-state index in [1.807, 2.05) is 27.7 Å². The highest BCUT2D eigenvalue weighted by molar-refractivity contribution is 5.86. The molecule has 0 spiro atoms. The van der Waals surface area contributed by atoms with Gasteiger partial charge in [-0.3, -0.25) is 4.79 Å². The smallest absolute Gasteiger partial charge is 0.333 e. The number of aliphatic hydroxyl groups excluding tert-OH is 1. The molecule has 5 nitrogen and oxygen atoms in total. The number of rotatable bonds is 9. The summed E-state index contributed by atoms with van der Waals surface area (Å²) in [4.78, 5) is 23.3. The van der Waals surface area contributed by atoms with Crippen LogP contribution in [0.15, 0.2) is 12.2 Å². The van der Waals surface area contributed by atoms with E-state index >= 15 is 0 Å². The van der Waals surface area contributed by atoms with E-state index < -0.39 is 17.5 Å². The lowest BCUT2D eigenvalue weighted by Crippen LogP contribution is -2.34. The summed E-state index contributed by atoms with van der Waals surface area (Å²) in [5.74, 6) is -0.522. The Balaban J connectivity index is 4.27. The molecular formula is C16H28O5. The normalized spacial score (nSPS) is 15.2. The van der Waals surface area contributed by atoms with Crippen LogP contribution in [0.1, 0.15) is 47.5 Å². The Morgan fingerprint density at radius 3 is 2.19 bits per heavy atom. The van der Waals surface area contributed by atoms with Gasteiger partial charge in [-0.1, -0.05) is 27.4 Å². The third-order valence-electron chi connectivity index (χ3n) is 3.29. The second kappa shape index (κ2) is 8.82. The van der Waals surface area contributed by atoms with Crippen LogP contribution in [0.2, 0.25) is 0 Å². The van der Waals surface area contributed by atoms with Crippen LogP contribution in [0, 0.1) is 11.3 Å². The van der Waals surface area contributed by atoms with Gasteiger partial charge in [-0.15, -0.1) is 0 Å². The average molecular weight is 300 g/mol. The molecule has 0 heterocycles. The zero-order valence-corrected chi connectivity index (χ0v) is 13.8. The van der Waals surface area contributed by atoms with Gasteiger partial charge in [-0.05, 0) is 32.6 Å². The highest BCUT2D eigenvalue weighted by Gasteiger charge is 2.34. The Labute approximate surface area is 127 Å².